The number of nitrogens with zero attached hydrogens (tertiary/aromatic N) is 3. The first-order chi connectivity index (χ1) is 11.3. The summed E-state index contributed by atoms with van der Waals surface area (Å²) in [5.74, 6) is 1.24. The standard InChI is InChI=1S/C17H27N5O.2ClH/c23-17(20-15-4-3-7-18-14-15)6-9-21-10-12-22(13-11-21)16-5-1-2-8-19-16;;/h1-2,5,8,15,18H,3-4,6-7,9-14H2,(H,20,23);2*1H/t15-;;/m0../s1. The van der Waals surface area contributed by atoms with Crippen LogP contribution in [0, 0.1) is 0 Å². The van der Waals surface area contributed by atoms with Crippen LogP contribution >= 0.6 is 24.8 Å². The van der Waals surface area contributed by atoms with E-state index >= 15 is 0 Å². The number of piperazine rings is 1. The molecule has 25 heavy (non-hydrogen) atoms. The molecule has 3 rings (SSSR count). The first-order valence-corrected chi connectivity index (χ1v) is 8.70. The second kappa shape index (κ2) is 11.5. The fraction of sp³-hybridized carbons (Fsp3) is 0.647. The van der Waals surface area contributed by atoms with Gasteiger partial charge in [0.25, 0.3) is 0 Å². The molecule has 0 radical (unpaired) electrons. The molecule has 1 amide bonds. The topological polar surface area (TPSA) is 60.5 Å². The lowest BCUT2D eigenvalue weighted by atomic mass is 10.1. The number of anilines is 1. The lowest BCUT2D eigenvalue weighted by molar-refractivity contribution is -0.122. The van der Waals surface area contributed by atoms with Crippen molar-refractivity contribution in [2.75, 3.05) is 50.7 Å². The summed E-state index contributed by atoms with van der Waals surface area (Å²) in [6.07, 6.45) is 4.69. The van der Waals surface area contributed by atoms with E-state index in [2.05, 4.69) is 31.5 Å². The number of rotatable bonds is 5. The molecule has 2 aliphatic heterocycles. The minimum absolute atomic E-state index is 0. The van der Waals surface area contributed by atoms with Crippen molar-refractivity contribution in [1.29, 1.82) is 0 Å². The Kier molecular flexibility index (Phi) is 10.1. The molecule has 6 nitrogen and oxygen atoms in total. The third kappa shape index (κ3) is 6.98. The quantitative estimate of drug-likeness (QED) is 0.794. The van der Waals surface area contributed by atoms with E-state index in [1.54, 1.807) is 0 Å². The molecule has 1 aromatic rings. The monoisotopic (exact) mass is 389 g/mol. The van der Waals surface area contributed by atoms with Gasteiger partial charge < -0.3 is 15.5 Å². The molecule has 2 fully saturated rings. The number of nitrogens with one attached hydrogen (secondary N) is 2. The van der Waals surface area contributed by atoms with Gasteiger partial charge in [-0.1, -0.05) is 6.07 Å². The lowest BCUT2D eigenvalue weighted by Gasteiger charge is -2.35. The summed E-state index contributed by atoms with van der Waals surface area (Å²) < 4.78 is 0. The van der Waals surface area contributed by atoms with E-state index in [4.69, 9.17) is 0 Å². The van der Waals surface area contributed by atoms with Crippen molar-refractivity contribution < 1.29 is 4.79 Å². The van der Waals surface area contributed by atoms with Crippen molar-refractivity contribution in [2.45, 2.75) is 25.3 Å². The number of piperidine rings is 1. The summed E-state index contributed by atoms with van der Waals surface area (Å²) in [6.45, 7) is 6.78. The number of aromatic nitrogens is 1. The Balaban J connectivity index is 0.00000156. The van der Waals surface area contributed by atoms with Crippen molar-refractivity contribution in [2.24, 2.45) is 0 Å². The fourth-order valence-electron chi connectivity index (χ4n) is 3.28. The molecular weight excluding hydrogens is 361 g/mol. The first-order valence-electron chi connectivity index (χ1n) is 8.70. The zero-order valence-electron chi connectivity index (χ0n) is 14.5. The van der Waals surface area contributed by atoms with Gasteiger partial charge >= 0.3 is 0 Å². The molecular formula is C17H29Cl2N5O. The fourth-order valence-corrected chi connectivity index (χ4v) is 3.28. The highest BCUT2D eigenvalue weighted by Crippen LogP contribution is 2.12. The molecule has 2 saturated heterocycles. The van der Waals surface area contributed by atoms with Crippen molar-refractivity contribution in [3.05, 3.63) is 24.4 Å². The number of hydrogen-bond donors (Lipinski definition) is 2. The molecule has 0 unspecified atom stereocenters. The molecule has 0 bridgehead atoms. The average molecular weight is 390 g/mol. The summed E-state index contributed by atoms with van der Waals surface area (Å²) in [5, 5.41) is 6.47. The van der Waals surface area contributed by atoms with Gasteiger partial charge in [0.15, 0.2) is 0 Å². The van der Waals surface area contributed by atoms with E-state index in [1.165, 1.54) is 0 Å². The van der Waals surface area contributed by atoms with E-state index in [-0.39, 0.29) is 30.7 Å². The number of carbonyl (C=O) groups is 1. The summed E-state index contributed by atoms with van der Waals surface area (Å²) in [4.78, 5) is 21.1. The Morgan fingerprint density at radius 3 is 2.68 bits per heavy atom. The van der Waals surface area contributed by atoms with Crippen LogP contribution in [0.15, 0.2) is 24.4 Å². The minimum Gasteiger partial charge on any atom is -0.354 e. The molecule has 0 aromatic carbocycles. The Morgan fingerprint density at radius 2 is 2.04 bits per heavy atom. The maximum Gasteiger partial charge on any atom is 0.221 e. The highest BCUT2D eigenvalue weighted by atomic mass is 35.5. The zero-order valence-corrected chi connectivity index (χ0v) is 16.2. The third-order valence-corrected chi connectivity index (χ3v) is 4.66. The molecule has 3 heterocycles. The van der Waals surface area contributed by atoms with Gasteiger partial charge in [0.1, 0.15) is 5.82 Å². The molecule has 142 valence electrons. The molecule has 2 aliphatic rings. The van der Waals surface area contributed by atoms with Gasteiger partial charge in [-0.2, -0.15) is 0 Å². The van der Waals surface area contributed by atoms with E-state index < -0.39 is 0 Å². The second-order valence-corrected chi connectivity index (χ2v) is 6.38. The predicted molar refractivity (Wildman–Crippen MR) is 106 cm³/mol. The van der Waals surface area contributed by atoms with Gasteiger partial charge in [-0.3, -0.25) is 9.69 Å². The molecule has 0 saturated carbocycles. The third-order valence-electron chi connectivity index (χ3n) is 4.66. The van der Waals surface area contributed by atoms with Crippen molar-refractivity contribution >= 4 is 36.5 Å². The van der Waals surface area contributed by atoms with Gasteiger partial charge in [-0.05, 0) is 31.5 Å². The summed E-state index contributed by atoms with van der Waals surface area (Å²) in [5.41, 5.74) is 0. The molecule has 8 heteroatoms. The van der Waals surface area contributed by atoms with E-state index in [0.29, 0.717) is 12.5 Å². The zero-order chi connectivity index (χ0) is 15.9. The summed E-state index contributed by atoms with van der Waals surface area (Å²) in [6, 6.07) is 6.35. The summed E-state index contributed by atoms with van der Waals surface area (Å²) >= 11 is 0. The molecule has 2 N–H and O–H groups in total. The summed E-state index contributed by atoms with van der Waals surface area (Å²) in [7, 11) is 0. The van der Waals surface area contributed by atoms with Crippen molar-refractivity contribution in [3.63, 3.8) is 0 Å². The van der Waals surface area contributed by atoms with Gasteiger partial charge in [-0.15, -0.1) is 24.8 Å². The average Bonchev–Trinajstić information content (AvgIpc) is 2.62. The van der Waals surface area contributed by atoms with Crippen LogP contribution in [0.25, 0.3) is 0 Å². The maximum absolute atomic E-state index is 12.1. The van der Waals surface area contributed by atoms with Crippen LogP contribution < -0.4 is 15.5 Å². The van der Waals surface area contributed by atoms with Crippen molar-refractivity contribution in [3.8, 4) is 0 Å². The highest BCUT2D eigenvalue weighted by molar-refractivity contribution is 5.85. The van der Waals surface area contributed by atoms with Crippen LogP contribution in [0.3, 0.4) is 0 Å². The molecule has 0 aliphatic carbocycles. The van der Waals surface area contributed by atoms with E-state index in [1.807, 2.05) is 18.3 Å². The van der Waals surface area contributed by atoms with Crippen LogP contribution in [0.4, 0.5) is 5.82 Å². The van der Waals surface area contributed by atoms with Crippen LogP contribution in [0.2, 0.25) is 0 Å². The number of amides is 1. The SMILES string of the molecule is Cl.Cl.O=C(CCN1CCN(c2ccccn2)CC1)N[C@H]1CCCNC1. The van der Waals surface area contributed by atoms with Crippen LogP contribution in [0.5, 0.6) is 0 Å². The molecule has 0 spiro atoms. The second-order valence-electron chi connectivity index (χ2n) is 6.38. The Hall–Kier alpha value is -1.08. The van der Waals surface area contributed by atoms with E-state index in [0.717, 1.165) is 64.5 Å². The van der Waals surface area contributed by atoms with Crippen LogP contribution in [-0.2, 0) is 4.79 Å². The maximum atomic E-state index is 12.1. The first kappa shape index (κ1) is 22.0. The molecule has 1 atom stereocenters. The van der Waals surface area contributed by atoms with Gasteiger partial charge in [0.05, 0.1) is 0 Å². The smallest absolute Gasteiger partial charge is 0.221 e. The largest absolute Gasteiger partial charge is 0.354 e. The minimum atomic E-state index is 0. The predicted octanol–water partition coefficient (Wildman–Crippen LogP) is 1.31. The molecule has 1 aromatic heterocycles. The Bertz CT molecular complexity index is 491. The van der Waals surface area contributed by atoms with E-state index in [9.17, 15) is 4.79 Å². The number of halogens is 2. The number of hydrogen-bond acceptors (Lipinski definition) is 5. The van der Waals surface area contributed by atoms with Gasteiger partial charge in [0, 0.05) is 57.9 Å². The van der Waals surface area contributed by atoms with Crippen LogP contribution in [0.1, 0.15) is 19.3 Å². The highest BCUT2D eigenvalue weighted by Gasteiger charge is 2.19. The van der Waals surface area contributed by atoms with Gasteiger partial charge in [0.2, 0.25) is 5.91 Å². The van der Waals surface area contributed by atoms with Crippen LogP contribution in [-0.4, -0.2) is 67.6 Å². The lowest BCUT2D eigenvalue weighted by Crippen LogP contribution is -2.49. The number of pyridine rings is 1. The Morgan fingerprint density at radius 1 is 1.24 bits per heavy atom. The van der Waals surface area contributed by atoms with Gasteiger partial charge in [-0.25, -0.2) is 4.98 Å². The normalized spacial score (nSPS) is 21.0. The number of carbonyl (C=O) groups excluding carboxylic acids is 1. The van der Waals surface area contributed by atoms with Crippen molar-refractivity contribution in [1.82, 2.24) is 20.5 Å². The Labute approximate surface area is 162 Å².